The number of rotatable bonds is 9. The van der Waals surface area contributed by atoms with Crippen LogP contribution in [0.2, 0.25) is 0 Å². The molecule has 0 aliphatic heterocycles. The first-order valence-corrected chi connectivity index (χ1v) is 8.04. The fourth-order valence-electron chi connectivity index (χ4n) is 2.18. The standard InChI is InChI=1S/C17H29N3O/c1-3-4-5-6-7-8-12-19-17(21)20-16-11-9-10-15(13-16)14(2)18/h9-11,13-14H,3-8,12,18H2,1-2H3,(H2,19,20,21). The summed E-state index contributed by atoms with van der Waals surface area (Å²) in [6.07, 6.45) is 7.35. The van der Waals surface area contributed by atoms with Crippen LogP contribution in [0.1, 0.15) is 64.0 Å². The Morgan fingerprint density at radius 3 is 2.62 bits per heavy atom. The molecule has 4 nitrogen and oxygen atoms in total. The van der Waals surface area contributed by atoms with Crippen molar-refractivity contribution in [3.05, 3.63) is 29.8 Å². The van der Waals surface area contributed by atoms with Crippen LogP contribution < -0.4 is 16.4 Å². The lowest BCUT2D eigenvalue weighted by Crippen LogP contribution is -2.29. The molecule has 0 spiro atoms. The molecule has 118 valence electrons. The molecule has 1 unspecified atom stereocenters. The second-order valence-electron chi connectivity index (χ2n) is 5.56. The zero-order chi connectivity index (χ0) is 15.5. The lowest BCUT2D eigenvalue weighted by atomic mass is 10.1. The summed E-state index contributed by atoms with van der Waals surface area (Å²) in [5, 5.41) is 5.73. The van der Waals surface area contributed by atoms with Crippen LogP contribution in [0.25, 0.3) is 0 Å². The van der Waals surface area contributed by atoms with E-state index in [2.05, 4.69) is 17.6 Å². The number of urea groups is 1. The molecule has 0 aliphatic carbocycles. The predicted molar refractivity (Wildman–Crippen MR) is 89.4 cm³/mol. The van der Waals surface area contributed by atoms with Crippen molar-refractivity contribution in [3.8, 4) is 0 Å². The minimum absolute atomic E-state index is 0.0297. The fraction of sp³-hybridized carbons (Fsp3) is 0.588. The molecule has 4 N–H and O–H groups in total. The molecule has 1 rings (SSSR count). The van der Waals surface area contributed by atoms with Crippen LogP contribution in [0.3, 0.4) is 0 Å². The number of benzene rings is 1. The van der Waals surface area contributed by atoms with Gasteiger partial charge in [-0.15, -0.1) is 0 Å². The highest BCUT2D eigenvalue weighted by atomic mass is 16.2. The zero-order valence-electron chi connectivity index (χ0n) is 13.3. The van der Waals surface area contributed by atoms with Gasteiger partial charge in [0.15, 0.2) is 0 Å². The average molecular weight is 291 g/mol. The molecule has 1 atom stereocenters. The van der Waals surface area contributed by atoms with Crippen molar-refractivity contribution in [1.82, 2.24) is 5.32 Å². The second-order valence-corrected chi connectivity index (χ2v) is 5.56. The maximum absolute atomic E-state index is 11.8. The van der Waals surface area contributed by atoms with E-state index in [1.54, 1.807) is 0 Å². The molecule has 2 amide bonds. The van der Waals surface area contributed by atoms with Crippen molar-refractivity contribution in [2.24, 2.45) is 5.73 Å². The molecule has 4 heteroatoms. The predicted octanol–water partition coefficient (Wildman–Crippen LogP) is 4.19. The Morgan fingerprint density at radius 1 is 1.19 bits per heavy atom. The highest BCUT2D eigenvalue weighted by molar-refractivity contribution is 5.89. The minimum atomic E-state index is -0.148. The van der Waals surface area contributed by atoms with Crippen molar-refractivity contribution in [3.63, 3.8) is 0 Å². The summed E-state index contributed by atoms with van der Waals surface area (Å²) in [4.78, 5) is 11.8. The summed E-state index contributed by atoms with van der Waals surface area (Å²) in [5.74, 6) is 0. The van der Waals surface area contributed by atoms with Gasteiger partial charge in [-0.2, -0.15) is 0 Å². The summed E-state index contributed by atoms with van der Waals surface area (Å²) in [6, 6.07) is 7.47. The highest BCUT2D eigenvalue weighted by Crippen LogP contribution is 2.15. The quantitative estimate of drug-likeness (QED) is 0.597. The third-order valence-corrected chi connectivity index (χ3v) is 3.49. The van der Waals surface area contributed by atoms with E-state index in [0.717, 1.165) is 24.2 Å². The Hall–Kier alpha value is -1.55. The zero-order valence-corrected chi connectivity index (χ0v) is 13.3. The summed E-state index contributed by atoms with van der Waals surface area (Å²) in [5.41, 5.74) is 7.63. The Morgan fingerprint density at radius 2 is 1.90 bits per heavy atom. The first-order chi connectivity index (χ1) is 10.1. The first kappa shape index (κ1) is 17.5. The summed E-state index contributed by atoms with van der Waals surface area (Å²) in [7, 11) is 0. The Kier molecular flexibility index (Phi) is 8.51. The van der Waals surface area contributed by atoms with Crippen molar-refractivity contribution in [2.45, 2.75) is 58.4 Å². The molecular weight excluding hydrogens is 262 g/mol. The topological polar surface area (TPSA) is 67.2 Å². The van der Waals surface area contributed by atoms with Crippen molar-refractivity contribution < 1.29 is 4.79 Å². The maximum atomic E-state index is 11.8. The number of nitrogens with two attached hydrogens (primary N) is 1. The number of hydrogen-bond acceptors (Lipinski definition) is 2. The number of amides is 2. The molecule has 0 saturated carbocycles. The van der Waals surface area contributed by atoms with Crippen molar-refractivity contribution >= 4 is 11.7 Å². The SMILES string of the molecule is CCCCCCCCNC(=O)Nc1cccc(C(C)N)c1. The van der Waals surface area contributed by atoms with Gasteiger partial charge in [-0.05, 0) is 31.0 Å². The number of carbonyl (C=O) groups is 1. The number of hydrogen-bond donors (Lipinski definition) is 3. The maximum Gasteiger partial charge on any atom is 0.319 e. The van der Waals surface area contributed by atoms with Crippen LogP contribution >= 0.6 is 0 Å². The number of unbranched alkanes of at least 4 members (excludes halogenated alkanes) is 5. The lowest BCUT2D eigenvalue weighted by molar-refractivity contribution is 0.252. The second kappa shape index (κ2) is 10.2. The molecular formula is C17H29N3O. The van der Waals surface area contributed by atoms with E-state index in [4.69, 9.17) is 5.73 Å². The molecule has 0 saturated heterocycles. The highest BCUT2D eigenvalue weighted by Gasteiger charge is 2.03. The van der Waals surface area contributed by atoms with Crippen LogP contribution in [0, 0.1) is 0 Å². The third kappa shape index (κ3) is 7.71. The van der Waals surface area contributed by atoms with E-state index >= 15 is 0 Å². The smallest absolute Gasteiger partial charge is 0.319 e. The normalized spacial score (nSPS) is 12.0. The van der Waals surface area contributed by atoms with Gasteiger partial charge in [0.2, 0.25) is 0 Å². The molecule has 0 aliphatic rings. The third-order valence-electron chi connectivity index (χ3n) is 3.49. The minimum Gasteiger partial charge on any atom is -0.338 e. The first-order valence-electron chi connectivity index (χ1n) is 8.04. The lowest BCUT2D eigenvalue weighted by Gasteiger charge is -2.10. The van der Waals surface area contributed by atoms with E-state index in [-0.39, 0.29) is 12.1 Å². The van der Waals surface area contributed by atoms with Gasteiger partial charge in [-0.1, -0.05) is 51.2 Å². The Balaban J connectivity index is 2.20. The van der Waals surface area contributed by atoms with E-state index in [1.165, 1.54) is 32.1 Å². The molecule has 0 bridgehead atoms. The molecule has 21 heavy (non-hydrogen) atoms. The van der Waals surface area contributed by atoms with Gasteiger partial charge in [-0.25, -0.2) is 4.79 Å². The Labute approximate surface area is 128 Å². The van der Waals surface area contributed by atoms with Crippen LogP contribution in [-0.2, 0) is 0 Å². The van der Waals surface area contributed by atoms with E-state index < -0.39 is 0 Å². The molecule has 0 radical (unpaired) electrons. The molecule has 1 aromatic rings. The average Bonchev–Trinajstić information content (AvgIpc) is 2.46. The monoisotopic (exact) mass is 291 g/mol. The van der Waals surface area contributed by atoms with Crippen LogP contribution in [-0.4, -0.2) is 12.6 Å². The number of nitrogens with one attached hydrogen (secondary N) is 2. The molecule has 0 aromatic heterocycles. The van der Waals surface area contributed by atoms with Gasteiger partial charge in [0.25, 0.3) is 0 Å². The summed E-state index contributed by atoms with van der Waals surface area (Å²) < 4.78 is 0. The summed E-state index contributed by atoms with van der Waals surface area (Å²) >= 11 is 0. The van der Waals surface area contributed by atoms with Gasteiger partial charge >= 0.3 is 6.03 Å². The fourth-order valence-corrected chi connectivity index (χ4v) is 2.18. The van der Waals surface area contributed by atoms with Gasteiger partial charge < -0.3 is 16.4 Å². The van der Waals surface area contributed by atoms with E-state index in [0.29, 0.717) is 0 Å². The number of anilines is 1. The van der Waals surface area contributed by atoms with E-state index in [1.807, 2.05) is 31.2 Å². The Bertz CT molecular complexity index is 418. The molecule has 0 fully saturated rings. The van der Waals surface area contributed by atoms with Crippen molar-refractivity contribution in [2.75, 3.05) is 11.9 Å². The van der Waals surface area contributed by atoms with Gasteiger partial charge in [0.05, 0.1) is 0 Å². The molecule has 0 heterocycles. The van der Waals surface area contributed by atoms with E-state index in [9.17, 15) is 4.79 Å². The largest absolute Gasteiger partial charge is 0.338 e. The van der Waals surface area contributed by atoms with Gasteiger partial charge in [0, 0.05) is 18.3 Å². The molecule has 1 aromatic carbocycles. The summed E-state index contributed by atoms with van der Waals surface area (Å²) in [6.45, 7) is 4.87. The van der Waals surface area contributed by atoms with Crippen LogP contribution in [0.4, 0.5) is 10.5 Å². The van der Waals surface area contributed by atoms with Crippen LogP contribution in [0.15, 0.2) is 24.3 Å². The van der Waals surface area contributed by atoms with Crippen molar-refractivity contribution in [1.29, 1.82) is 0 Å². The van der Waals surface area contributed by atoms with Crippen LogP contribution in [0.5, 0.6) is 0 Å². The van der Waals surface area contributed by atoms with Gasteiger partial charge in [0.1, 0.15) is 0 Å². The number of carbonyl (C=O) groups excluding carboxylic acids is 1. The van der Waals surface area contributed by atoms with Gasteiger partial charge in [-0.3, -0.25) is 0 Å².